The summed E-state index contributed by atoms with van der Waals surface area (Å²) in [4.78, 5) is 22.8. The molecule has 8 heteroatoms. The third-order valence-electron chi connectivity index (χ3n) is 3.61. The number of carbonyl (C=O) groups excluding carboxylic acids is 1. The minimum Gasteiger partial charge on any atom is -0.481 e. The molecule has 1 fully saturated rings. The molecule has 0 bridgehead atoms. The van der Waals surface area contributed by atoms with Crippen LogP contribution in [0.4, 0.5) is 19.3 Å². The van der Waals surface area contributed by atoms with Gasteiger partial charge in [-0.05, 0) is 34.8 Å². The average molecular weight is 363 g/mol. The van der Waals surface area contributed by atoms with Crippen molar-refractivity contribution in [1.29, 1.82) is 0 Å². The van der Waals surface area contributed by atoms with E-state index in [1.807, 2.05) is 0 Å². The summed E-state index contributed by atoms with van der Waals surface area (Å²) in [5.41, 5.74) is -1.13. The molecule has 3 N–H and O–H groups in total. The Balaban J connectivity index is 1.96. The molecule has 2 rings (SSSR count). The average Bonchev–Trinajstić information content (AvgIpc) is 2.34. The minimum atomic E-state index is -0.954. The molecule has 0 aromatic heterocycles. The Bertz CT molecular complexity index is 591. The lowest BCUT2D eigenvalue weighted by Gasteiger charge is -2.37. The Kier molecular flexibility index (Phi) is 4.46. The van der Waals surface area contributed by atoms with E-state index in [-0.39, 0.29) is 16.7 Å². The number of urea groups is 1. The molecule has 0 heterocycles. The summed E-state index contributed by atoms with van der Waals surface area (Å²) < 4.78 is 26.6. The first-order valence-corrected chi connectivity index (χ1v) is 7.06. The van der Waals surface area contributed by atoms with Gasteiger partial charge in [0, 0.05) is 12.6 Å². The van der Waals surface area contributed by atoms with Crippen molar-refractivity contribution in [2.24, 2.45) is 5.41 Å². The highest BCUT2D eigenvalue weighted by molar-refractivity contribution is 9.10. The Hall–Kier alpha value is -1.70. The molecule has 0 radical (unpaired) electrons. The van der Waals surface area contributed by atoms with Crippen molar-refractivity contribution in [2.75, 3.05) is 11.9 Å². The van der Waals surface area contributed by atoms with E-state index in [1.165, 1.54) is 0 Å². The van der Waals surface area contributed by atoms with Crippen molar-refractivity contribution in [3.63, 3.8) is 0 Å². The number of halogens is 3. The Morgan fingerprint density at radius 1 is 1.29 bits per heavy atom. The molecule has 21 heavy (non-hydrogen) atoms. The summed E-state index contributed by atoms with van der Waals surface area (Å²) >= 11 is 2.89. The summed E-state index contributed by atoms with van der Waals surface area (Å²) in [7, 11) is 0. The van der Waals surface area contributed by atoms with Gasteiger partial charge in [-0.3, -0.25) is 4.79 Å². The quantitative estimate of drug-likeness (QED) is 0.720. The van der Waals surface area contributed by atoms with Gasteiger partial charge in [0.25, 0.3) is 0 Å². The van der Waals surface area contributed by atoms with Gasteiger partial charge in [-0.15, -0.1) is 0 Å². The first-order valence-electron chi connectivity index (χ1n) is 6.27. The van der Waals surface area contributed by atoms with Crippen LogP contribution in [0.15, 0.2) is 16.6 Å². The van der Waals surface area contributed by atoms with Crippen LogP contribution in [0.5, 0.6) is 0 Å². The zero-order valence-corrected chi connectivity index (χ0v) is 12.5. The predicted octanol–water partition coefficient (Wildman–Crippen LogP) is 3.10. The molecule has 1 aromatic rings. The maximum atomic E-state index is 13.5. The summed E-state index contributed by atoms with van der Waals surface area (Å²) in [6.07, 6.45) is 1.80. The number of aliphatic carboxylic acids is 1. The molecule has 1 aromatic carbocycles. The van der Waals surface area contributed by atoms with Crippen molar-refractivity contribution in [2.45, 2.75) is 19.3 Å². The minimum absolute atomic E-state index is 0.0141. The normalized spacial score (nSPS) is 16.0. The zero-order chi connectivity index (χ0) is 15.6. The number of carboxylic acid groups (broad SMARTS) is 1. The molecule has 0 unspecified atom stereocenters. The third kappa shape index (κ3) is 3.31. The number of hydrogen-bond donors (Lipinski definition) is 3. The standard InChI is InChI=1S/C13H13BrF2N2O3/c14-7-4-10(9(16)5-8(7)15)18-12(21)17-6-13(11(19)20)2-1-3-13/h4-5H,1-3,6H2,(H,19,20)(H2,17,18,21). The second-order valence-corrected chi connectivity index (χ2v) is 5.85. The number of carboxylic acids is 1. The topological polar surface area (TPSA) is 78.4 Å². The predicted molar refractivity (Wildman–Crippen MR) is 75.0 cm³/mol. The summed E-state index contributed by atoms with van der Waals surface area (Å²) in [5.74, 6) is -2.65. The van der Waals surface area contributed by atoms with Crippen LogP contribution >= 0.6 is 15.9 Å². The van der Waals surface area contributed by atoms with Crippen LogP contribution in [0.3, 0.4) is 0 Å². The van der Waals surface area contributed by atoms with Crippen molar-refractivity contribution in [3.8, 4) is 0 Å². The highest BCUT2D eigenvalue weighted by Crippen LogP contribution is 2.40. The van der Waals surface area contributed by atoms with Gasteiger partial charge in [0.15, 0.2) is 0 Å². The van der Waals surface area contributed by atoms with Crippen molar-refractivity contribution < 1.29 is 23.5 Å². The molecule has 2 amide bonds. The zero-order valence-electron chi connectivity index (χ0n) is 10.9. The second-order valence-electron chi connectivity index (χ2n) is 4.99. The van der Waals surface area contributed by atoms with Crippen LogP contribution in [0, 0.1) is 17.0 Å². The Morgan fingerprint density at radius 3 is 2.48 bits per heavy atom. The third-order valence-corrected chi connectivity index (χ3v) is 4.22. The van der Waals surface area contributed by atoms with Crippen LogP contribution in [0.2, 0.25) is 0 Å². The molecule has 5 nitrogen and oxygen atoms in total. The fraction of sp³-hybridized carbons (Fsp3) is 0.385. The van der Waals surface area contributed by atoms with Gasteiger partial charge < -0.3 is 15.7 Å². The van der Waals surface area contributed by atoms with Gasteiger partial charge >= 0.3 is 12.0 Å². The van der Waals surface area contributed by atoms with Crippen LogP contribution in [-0.2, 0) is 4.79 Å². The van der Waals surface area contributed by atoms with Crippen molar-refractivity contribution in [1.82, 2.24) is 5.32 Å². The van der Waals surface area contributed by atoms with Crippen molar-refractivity contribution >= 4 is 33.6 Å². The Labute approximate surface area is 127 Å². The molecule has 114 valence electrons. The van der Waals surface area contributed by atoms with Gasteiger partial charge in [-0.2, -0.15) is 0 Å². The van der Waals surface area contributed by atoms with Crippen LogP contribution in [0.25, 0.3) is 0 Å². The highest BCUT2D eigenvalue weighted by atomic mass is 79.9. The molecule has 0 aliphatic heterocycles. The Morgan fingerprint density at radius 2 is 1.95 bits per heavy atom. The van der Waals surface area contributed by atoms with Crippen LogP contribution in [0.1, 0.15) is 19.3 Å². The van der Waals surface area contributed by atoms with Crippen LogP contribution < -0.4 is 10.6 Å². The lowest BCUT2D eigenvalue weighted by Crippen LogP contribution is -2.48. The number of nitrogens with one attached hydrogen (secondary N) is 2. The second kappa shape index (κ2) is 5.97. The molecule has 0 atom stereocenters. The van der Waals surface area contributed by atoms with Gasteiger partial charge in [0.05, 0.1) is 15.6 Å². The highest BCUT2D eigenvalue weighted by Gasteiger charge is 2.44. The van der Waals surface area contributed by atoms with Crippen molar-refractivity contribution in [3.05, 3.63) is 28.2 Å². The van der Waals surface area contributed by atoms with E-state index in [4.69, 9.17) is 5.11 Å². The van der Waals surface area contributed by atoms with Crippen LogP contribution in [-0.4, -0.2) is 23.7 Å². The molecular weight excluding hydrogens is 350 g/mol. The summed E-state index contributed by atoms with van der Waals surface area (Å²) in [6, 6.07) is 1.00. The number of benzene rings is 1. The van der Waals surface area contributed by atoms with E-state index >= 15 is 0 Å². The molecule has 1 aliphatic rings. The van der Waals surface area contributed by atoms with E-state index < -0.39 is 29.0 Å². The SMILES string of the molecule is O=C(NCC1(C(=O)O)CCC1)Nc1cc(Br)c(F)cc1F. The summed E-state index contributed by atoms with van der Waals surface area (Å²) in [6.45, 7) is -0.0296. The van der Waals surface area contributed by atoms with E-state index in [9.17, 15) is 18.4 Å². The number of amides is 2. The van der Waals surface area contributed by atoms with E-state index in [1.54, 1.807) is 0 Å². The number of hydrogen-bond acceptors (Lipinski definition) is 2. The van der Waals surface area contributed by atoms with E-state index in [0.29, 0.717) is 18.9 Å². The molecular formula is C13H13BrF2N2O3. The fourth-order valence-electron chi connectivity index (χ4n) is 2.10. The lowest BCUT2D eigenvalue weighted by molar-refractivity contribution is -0.153. The number of anilines is 1. The number of rotatable bonds is 4. The molecule has 1 saturated carbocycles. The monoisotopic (exact) mass is 362 g/mol. The number of carbonyl (C=O) groups is 2. The van der Waals surface area contributed by atoms with Gasteiger partial charge in [0.2, 0.25) is 0 Å². The molecule has 1 aliphatic carbocycles. The fourth-order valence-corrected chi connectivity index (χ4v) is 2.45. The first kappa shape index (κ1) is 15.7. The van der Waals surface area contributed by atoms with E-state index in [2.05, 4.69) is 26.6 Å². The first-order chi connectivity index (χ1) is 9.84. The van der Waals surface area contributed by atoms with E-state index in [0.717, 1.165) is 12.5 Å². The molecule has 0 saturated heterocycles. The smallest absolute Gasteiger partial charge is 0.319 e. The van der Waals surface area contributed by atoms with Gasteiger partial charge in [-0.1, -0.05) is 6.42 Å². The largest absolute Gasteiger partial charge is 0.481 e. The van der Waals surface area contributed by atoms with Gasteiger partial charge in [0.1, 0.15) is 11.6 Å². The maximum absolute atomic E-state index is 13.5. The van der Waals surface area contributed by atoms with Gasteiger partial charge in [-0.25, -0.2) is 13.6 Å². The lowest BCUT2D eigenvalue weighted by atomic mass is 9.69. The summed E-state index contributed by atoms with van der Waals surface area (Å²) in [5, 5.41) is 13.8. The molecule has 0 spiro atoms. The maximum Gasteiger partial charge on any atom is 0.319 e.